The Morgan fingerprint density at radius 3 is 2.47 bits per heavy atom. The summed E-state index contributed by atoms with van der Waals surface area (Å²) in [6.45, 7) is 1.20. The third-order valence-electron chi connectivity index (χ3n) is 1.80. The zero-order chi connectivity index (χ0) is 13.2. The van der Waals surface area contributed by atoms with Crippen LogP contribution in [0.1, 0.15) is 22.8 Å². The van der Waals surface area contributed by atoms with Crippen molar-refractivity contribution < 1.29 is 22.7 Å². The molecule has 0 N–H and O–H groups in total. The summed E-state index contributed by atoms with van der Waals surface area (Å²) < 4.78 is 40.0. The average Bonchev–Trinajstić information content (AvgIpc) is 2.14. The fraction of sp³-hybridized carbons (Fsp3) is 0.200. The van der Waals surface area contributed by atoms with Crippen LogP contribution in [0.3, 0.4) is 0 Å². The molecule has 0 spiro atoms. The van der Waals surface area contributed by atoms with E-state index in [9.17, 15) is 18.0 Å². The van der Waals surface area contributed by atoms with Gasteiger partial charge in [-0.25, -0.2) is 0 Å². The Balaban J connectivity index is 3.35. The Kier molecular flexibility index (Phi) is 3.78. The van der Waals surface area contributed by atoms with Crippen molar-refractivity contribution in [1.82, 2.24) is 0 Å². The van der Waals surface area contributed by atoms with Crippen molar-refractivity contribution in [3.63, 3.8) is 0 Å². The lowest BCUT2D eigenvalue weighted by atomic mass is 10.1. The first kappa shape index (κ1) is 13.5. The molecule has 0 heterocycles. The van der Waals surface area contributed by atoms with Crippen LogP contribution >= 0.6 is 15.9 Å². The number of rotatable bonds is 2. The number of carbonyl (C=O) groups excluding carboxylic acids is 1. The predicted octanol–water partition coefficient (Wildman–Crippen LogP) is 3.42. The minimum atomic E-state index is -4.92. The first-order valence-corrected chi connectivity index (χ1v) is 5.04. The van der Waals surface area contributed by atoms with Gasteiger partial charge in [-0.05, 0) is 35.0 Å². The SMILES string of the molecule is CC(=O)c1cc(Br)c(C#N)c(OC(F)(F)F)c1. The minimum Gasteiger partial charge on any atom is -0.404 e. The van der Waals surface area contributed by atoms with Gasteiger partial charge in [-0.2, -0.15) is 5.26 Å². The molecule has 17 heavy (non-hydrogen) atoms. The summed E-state index contributed by atoms with van der Waals surface area (Å²) in [4.78, 5) is 11.1. The Bertz CT molecular complexity index is 505. The van der Waals surface area contributed by atoms with Gasteiger partial charge < -0.3 is 4.74 Å². The maximum Gasteiger partial charge on any atom is 0.573 e. The number of hydrogen-bond donors (Lipinski definition) is 0. The lowest BCUT2D eigenvalue weighted by molar-refractivity contribution is -0.274. The van der Waals surface area contributed by atoms with Crippen molar-refractivity contribution in [2.75, 3.05) is 0 Å². The summed E-state index contributed by atoms with van der Waals surface area (Å²) in [5, 5.41) is 8.71. The fourth-order valence-electron chi connectivity index (χ4n) is 1.10. The first-order valence-electron chi connectivity index (χ1n) is 4.25. The van der Waals surface area contributed by atoms with Crippen LogP contribution in [0.4, 0.5) is 13.2 Å². The van der Waals surface area contributed by atoms with Crippen LogP contribution in [-0.4, -0.2) is 12.1 Å². The van der Waals surface area contributed by atoms with Crippen molar-refractivity contribution in [3.8, 4) is 11.8 Å². The maximum atomic E-state index is 12.1. The topological polar surface area (TPSA) is 50.1 Å². The number of nitrogens with zero attached hydrogens (tertiary/aromatic N) is 1. The fourth-order valence-corrected chi connectivity index (χ4v) is 1.63. The van der Waals surface area contributed by atoms with Crippen molar-refractivity contribution >= 4 is 21.7 Å². The monoisotopic (exact) mass is 307 g/mol. The van der Waals surface area contributed by atoms with Crippen molar-refractivity contribution in [3.05, 3.63) is 27.7 Å². The van der Waals surface area contributed by atoms with E-state index in [1.165, 1.54) is 13.0 Å². The second-order valence-electron chi connectivity index (χ2n) is 3.05. The van der Waals surface area contributed by atoms with E-state index in [0.29, 0.717) is 0 Å². The van der Waals surface area contributed by atoms with Crippen molar-refractivity contribution in [1.29, 1.82) is 5.26 Å². The van der Waals surface area contributed by atoms with Crippen LogP contribution in [-0.2, 0) is 0 Å². The molecule has 1 aromatic rings. The van der Waals surface area contributed by atoms with Crippen LogP contribution < -0.4 is 4.74 Å². The van der Waals surface area contributed by atoms with E-state index < -0.39 is 17.9 Å². The van der Waals surface area contributed by atoms with Gasteiger partial charge in [0, 0.05) is 10.0 Å². The molecule has 0 aliphatic rings. The number of ether oxygens (including phenoxy) is 1. The molecule has 0 fully saturated rings. The Labute approximate surface area is 103 Å². The van der Waals surface area contributed by atoms with Crippen LogP contribution in [0.2, 0.25) is 0 Å². The standard InChI is InChI=1S/C10H5BrF3NO2/c1-5(16)6-2-8(11)7(4-15)9(3-6)17-10(12,13)14/h2-3H,1H3. The van der Waals surface area contributed by atoms with Crippen LogP contribution in [0.25, 0.3) is 0 Å². The summed E-state index contributed by atoms with van der Waals surface area (Å²) in [7, 11) is 0. The summed E-state index contributed by atoms with van der Waals surface area (Å²) in [5.41, 5.74) is -0.289. The van der Waals surface area contributed by atoms with E-state index >= 15 is 0 Å². The van der Waals surface area contributed by atoms with Gasteiger partial charge in [-0.3, -0.25) is 4.79 Å². The van der Waals surface area contributed by atoms with Crippen molar-refractivity contribution in [2.24, 2.45) is 0 Å². The van der Waals surface area contributed by atoms with Gasteiger partial charge in [0.25, 0.3) is 0 Å². The van der Waals surface area contributed by atoms with Gasteiger partial charge in [0.15, 0.2) is 5.78 Å². The number of halogens is 4. The summed E-state index contributed by atoms with van der Waals surface area (Å²) in [6, 6.07) is 3.73. The van der Waals surface area contributed by atoms with E-state index in [-0.39, 0.29) is 15.6 Å². The smallest absolute Gasteiger partial charge is 0.404 e. The van der Waals surface area contributed by atoms with Crippen molar-refractivity contribution in [2.45, 2.75) is 13.3 Å². The number of nitriles is 1. The molecular weight excluding hydrogens is 303 g/mol. The molecule has 0 aliphatic carbocycles. The molecule has 0 unspecified atom stereocenters. The van der Waals surface area contributed by atoms with Gasteiger partial charge in [0.05, 0.1) is 0 Å². The van der Waals surface area contributed by atoms with Gasteiger partial charge in [0.1, 0.15) is 17.4 Å². The predicted molar refractivity (Wildman–Crippen MR) is 55.5 cm³/mol. The molecule has 7 heteroatoms. The van der Waals surface area contributed by atoms with E-state index in [1.54, 1.807) is 6.07 Å². The van der Waals surface area contributed by atoms with Gasteiger partial charge in [0.2, 0.25) is 0 Å². The average molecular weight is 308 g/mol. The highest BCUT2D eigenvalue weighted by Crippen LogP contribution is 2.32. The van der Waals surface area contributed by atoms with Gasteiger partial charge >= 0.3 is 6.36 Å². The lowest BCUT2D eigenvalue weighted by Gasteiger charge is -2.12. The largest absolute Gasteiger partial charge is 0.573 e. The number of hydrogen-bond acceptors (Lipinski definition) is 3. The molecule has 90 valence electrons. The van der Waals surface area contributed by atoms with Crippen LogP contribution in [0, 0.1) is 11.3 Å². The molecule has 0 saturated carbocycles. The van der Waals surface area contributed by atoms with E-state index in [4.69, 9.17) is 5.26 Å². The highest BCUT2D eigenvalue weighted by atomic mass is 79.9. The minimum absolute atomic E-state index is 0.0233. The molecule has 3 nitrogen and oxygen atoms in total. The van der Waals surface area contributed by atoms with Crippen LogP contribution in [0.15, 0.2) is 16.6 Å². The molecule has 0 radical (unpaired) electrons. The number of benzene rings is 1. The summed E-state index contributed by atoms with van der Waals surface area (Å²) in [6.07, 6.45) is -4.92. The molecule has 0 atom stereocenters. The Hall–Kier alpha value is -1.55. The zero-order valence-electron chi connectivity index (χ0n) is 8.43. The number of alkyl halides is 3. The normalized spacial score (nSPS) is 10.8. The number of Topliss-reactive ketones (excluding diaryl/α,β-unsaturated/α-hetero) is 1. The molecule has 0 bridgehead atoms. The summed E-state index contributed by atoms with van der Waals surface area (Å²) in [5.74, 6) is -1.12. The molecule has 0 aromatic heterocycles. The lowest BCUT2D eigenvalue weighted by Crippen LogP contribution is -2.18. The van der Waals surface area contributed by atoms with Gasteiger partial charge in [-0.15, -0.1) is 13.2 Å². The molecule has 0 amide bonds. The molecule has 0 saturated heterocycles. The van der Waals surface area contributed by atoms with E-state index in [1.807, 2.05) is 0 Å². The molecule has 1 aromatic carbocycles. The highest BCUT2D eigenvalue weighted by molar-refractivity contribution is 9.10. The van der Waals surface area contributed by atoms with E-state index in [0.717, 1.165) is 6.07 Å². The zero-order valence-corrected chi connectivity index (χ0v) is 10.0. The third-order valence-corrected chi connectivity index (χ3v) is 2.42. The number of ketones is 1. The summed E-state index contributed by atoms with van der Waals surface area (Å²) >= 11 is 2.91. The molecule has 0 aliphatic heterocycles. The second kappa shape index (κ2) is 4.75. The first-order chi connectivity index (χ1) is 7.74. The highest BCUT2D eigenvalue weighted by Gasteiger charge is 2.33. The molecular formula is C10H5BrF3NO2. The van der Waals surface area contributed by atoms with E-state index in [2.05, 4.69) is 20.7 Å². The Morgan fingerprint density at radius 2 is 2.06 bits per heavy atom. The second-order valence-corrected chi connectivity index (χ2v) is 3.90. The van der Waals surface area contributed by atoms with Gasteiger partial charge in [-0.1, -0.05) is 0 Å². The Morgan fingerprint density at radius 1 is 1.47 bits per heavy atom. The van der Waals surface area contributed by atoms with Crippen LogP contribution in [0.5, 0.6) is 5.75 Å². The molecule has 1 rings (SSSR count). The quantitative estimate of drug-likeness (QED) is 0.787. The maximum absolute atomic E-state index is 12.1. The third kappa shape index (κ3) is 3.46. The number of carbonyl (C=O) groups is 1.